The quantitative estimate of drug-likeness (QED) is 0.530. The average Bonchev–Trinajstić information content (AvgIpc) is 2.58. The third-order valence-electron chi connectivity index (χ3n) is 3.77. The van der Waals surface area contributed by atoms with Crippen molar-refractivity contribution in [2.75, 3.05) is 11.9 Å². The highest BCUT2D eigenvalue weighted by Gasteiger charge is 2.31. The van der Waals surface area contributed by atoms with E-state index in [1.54, 1.807) is 13.0 Å². The molecule has 0 bridgehead atoms. The molecule has 2 aromatic rings. The Balaban J connectivity index is 2.21. The number of carboxylic acid groups (broad SMARTS) is 1. The Morgan fingerprint density at radius 1 is 1.11 bits per heavy atom. The van der Waals surface area contributed by atoms with Crippen LogP contribution in [0.15, 0.2) is 30.3 Å². The summed E-state index contributed by atoms with van der Waals surface area (Å²) in [5.41, 5.74) is 0.467. The highest BCUT2D eigenvalue weighted by atomic mass is 35.5. The first-order valence-electron chi connectivity index (χ1n) is 8.37. The van der Waals surface area contributed by atoms with Crippen molar-refractivity contribution in [3.8, 4) is 5.75 Å². The van der Waals surface area contributed by atoms with Crippen molar-refractivity contribution in [3.05, 3.63) is 57.1 Å². The van der Waals surface area contributed by atoms with Crippen LogP contribution in [0.4, 0.5) is 18.9 Å². The lowest BCUT2D eigenvalue weighted by atomic mass is 10.1. The normalized spacial score (nSPS) is 11.4. The lowest BCUT2D eigenvalue weighted by Crippen LogP contribution is -2.09. The topological polar surface area (TPSA) is 58.6 Å². The molecule has 0 radical (unpaired) electrons. The van der Waals surface area contributed by atoms with Crippen molar-refractivity contribution in [1.82, 2.24) is 0 Å². The third-order valence-corrected chi connectivity index (χ3v) is 4.33. The van der Waals surface area contributed by atoms with Crippen molar-refractivity contribution in [1.29, 1.82) is 0 Å². The molecule has 0 aliphatic heterocycles. The Labute approximate surface area is 170 Å². The summed E-state index contributed by atoms with van der Waals surface area (Å²) in [5, 5.41) is 11.9. The number of alkyl halides is 3. The van der Waals surface area contributed by atoms with Gasteiger partial charge in [0, 0.05) is 18.7 Å². The standard InChI is InChI=1S/C19H18Cl2F3NO3/c1-2-25-14-6-12(5-13(9-14)19(22,23)24)10-28-18-15(20)7-11(8-16(18)21)3-4-17(26)27/h5-9,25H,2-4,10H2,1H3,(H,26,27). The molecule has 0 spiro atoms. The zero-order valence-corrected chi connectivity index (χ0v) is 16.4. The van der Waals surface area contributed by atoms with Gasteiger partial charge in [-0.15, -0.1) is 0 Å². The Morgan fingerprint density at radius 3 is 2.29 bits per heavy atom. The van der Waals surface area contributed by atoms with Crippen LogP contribution in [0.2, 0.25) is 10.0 Å². The summed E-state index contributed by atoms with van der Waals surface area (Å²) >= 11 is 12.3. The summed E-state index contributed by atoms with van der Waals surface area (Å²) in [6, 6.07) is 6.65. The van der Waals surface area contributed by atoms with Gasteiger partial charge in [0.1, 0.15) is 6.61 Å². The van der Waals surface area contributed by atoms with Crippen molar-refractivity contribution in [3.63, 3.8) is 0 Å². The molecule has 0 heterocycles. The third kappa shape index (κ3) is 6.21. The van der Waals surface area contributed by atoms with Crippen LogP contribution in [-0.4, -0.2) is 17.6 Å². The van der Waals surface area contributed by atoms with E-state index in [0.717, 1.165) is 12.1 Å². The van der Waals surface area contributed by atoms with E-state index in [0.29, 0.717) is 23.4 Å². The first-order chi connectivity index (χ1) is 13.1. The van der Waals surface area contributed by atoms with E-state index in [4.69, 9.17) is 33.0 Å². The van der Waals surface area contributed by atoms with Crippen LogP contribution in [0.1, 0.15) is 30.0 Å². The number of carbonyl (C=O) groups is 1. The van der Waals surface area contributed by atoms with E-state index in [2.05, 4.69) is 5.32 Å². The van der Waals surface area contributed by atoms with E-state index >= 15 is 0 Å². The molecule has 0 saturated heterocycles. The lowest BCUT2D eigenvalue weighted by Gasteiger charge is -2.15. The van der Waals surface area contributed by atoms with Crippen LogP contribution in [0.5, 0.6) is 5.75 Å². The number of hydrogen-bond donors (Lipinski definition) is 2. The van der Waals surface area contributed by atoms with Gasteiger partial charge in [0.15, 0.2) is 5.75 Å². The zero-order valence-electron chi connectivity index (χ0n) is 14.9. The largest absolute Gasteiger partial charge is 0.486 e. The Morgan fingerprint density at radius 2 is 1.75 bits per heavy atom. The molecule has 4 nitrogen and oxygen atoms in total. The minimum atomic E-state index is -4.48. The predicted molar refractivity (Wildman–Crippen MR) is 102 cm³/mol. The second-order valence-corrected chi connectivity index (χ2v) is 6.83. The highest BCUT2D eigenvalue weighted by molar-refractivity contribution is 6.37. The lowest BCUT2D eigenvalue weighted by molar-refractivity contribution is -0.138. The molecule has 2 rings (SSSR count). The number of anilines is 1. The average molecular weight is 436 g/mol. The van der Waals surface area contributed by atoms with Crippen LogP contribution in [-0.2, 0) is 24.0 Å². The van der Waals surface area contributed by atoms with Crippen molar-refractivity contribution in [2.24, 2.45) is 0 Å². The zero-order chi connectivity index (χ0) is 20.9. The highest BCUT2D eigenvalue weighted by Crippen LogP contribution is 2.36. The first-order valence-corrected chi connectivity index (χ1v) is 9.13. The van der Waals surface area contributed by atoms with E-state index < -0.39 is 17.7 Å². The molecule has 9 heteroatoms. The van der Waals surface area contributed by atoms with Gasteiger partial charge >= 0.3 is 12.1 Å². The molecule has 2 aromatic carbocycles. The van der Waals surface area contributed by atoms with Crippen LogP contribution < -0.4 is 10.1 Å². The van der Waals surface area contributed by atoms with Gasteiger partial charge in [0.2, 0.25) is 0 Å². The molecular formula is C19H18Cl2F3NO3. The Hall–Kier alpha value is -2.12. The predicted octanol–water partition coefficient (Wildman–Crippen LogP) is 6.04. The number of hydrogen-bond acceptors (Lipinski definition) is 3. The number of carboxylic acids is 1. The summed E-state index contributed by atoms with van der Waals surface area (Å²) in [7, 11) is 0. The SMILES string of the molecule is CCNc1cc(COc2c(Cl)cc(CCC(=O)O)cc2Cl)cc(C(F)(F)F)c1. The number of benzene rings is 2. The molecule has 0 atom stereocenters. The number of aliphatic carboxylic acids is 1. The summed E-state index contributed by atoms with van der Waals surface area (Å²) in [6.45, 7) is 2.08. The molecule has 0 amide bonds. The fourth-order valence-corrected chi connectivity index (χ4v) is 3.19. The minimum absolute atomic E-state index is 0.0791. The van der Waals surface area contributed by atoms with Gasteiger partial charge < -0.3 is 15.2 Å². The molecular weight excluding hydrogens is 418 g/mol. The van der Waals surface area contributed by atoms with E-state index in [-0.39, 0.29) is 35.2 Å². The van der Waals surface area contributed by atoms with Crippen LogP contribution >= 0.6 is 23.2 Å². The van der Waals surface area contributed by atoms with Crippen LogP contribution in [0, 0.1) is 0 Å². The Bertz CT molecular complexity index is 834. The second kappa shape index (κ2) is 9.39. The van der Waals surface area contributed by atoms with Gasteiger partial charge in [-0.25, -0.2) is 0 Å². The molecule has 0 fully saturated rings. The molecule has 152 valence electrons. The summed E-state index contributed by atoms with van der Waals surface area (Å²) in [5.74, 6) is -0.821. The van der Waals surface area contributed by atoms with Gasteiger partial charge in [0.25, 0.3) is 0 Å². The van der Waals surface area contributed by atoms with Crippen LogP contribution in [0.3, 0.4) is 0 Å². The van der Waals surface area contributed by atoms with E-state index in [9.17, 15) is 18.0 Å². The molecule has 28 heavy (non-hydrogen) atoms. The summed E-state index contributed by atoms with van der Waals surface area (Å²) in [6.07, 6.45) is -4.32. The van der Waals surface area contributed by atoms with E-state index in [1.165, 1.54) is 12.1 Å². The number of ether oxygens (including phenoxy) is 1. The number of nitrogens with one attached hydrogen (secondary N) is 1. The van der Waals surface area contributed by atoms with Crippen molar-refractivity contribution >= 4 is 34.9 Å². The molecule has 0 aliphatic rings. The minimum Gasteiger partial charge on any atom is -0.486 e. The molecule has 2 N–H and O–H groups in total. The number of rotatable bonds is 8. The molecule has 0 aliphatic carbocycles. The van der Waals surface area contributed by atoms with Gasteiger partial charge in [-0.05, 0) is 54.8 Å². The molecule has 0 saturated carbocycles. The van der Waals surface area contributed by atoms with E-state index in [1.807, 2.05) is 0 Å². The maximum atomic E-state index is 13.1. The number of aryl methyl sites for hydroxylation is 1. The van der Waals surface area contributed by atoms with Crippen molar-refractivity contribution < 1.29 is 27.8 Å². The van der Waals surface area contributed by atoms with Crippen molar-refractivity contribution in [2.45, 2.75) is 32.5 Å². The smallest absolute Gasteiger partial charge is 0.416 e. The fourth-order valence-electron chi connectivity index (χ4n) is 2.55. The van der Waals surface area contributed by atoms with Gasteiger partial charge in [-0.3, -0.25) is 4.79 Å². The molecule has 0 aromatic heterocycles. The fraction of sp³-hybridized carbons (Fsp3) is 0.316. The van der Waals surface area contributed by atoms with Gasteiger partial charge in [-0.1, -0.05) is 23.2 Å². The summed E-state index contributed by atoms with van der Waals surface area (Å²) < 4.78 is 44.9. The molecule has 0 unspecified atom stereocenters. The van der Waals surface area contributed by atoms with Gasteiger partial charge in [0.05, 0.1) is 15.6 Å². The summed E-state index contributed by atoms with van der Waals surface area (Å²) in [4.78, 5) is 10.7. The second-order valence-electron chi connectivity index (χ2n) is 6.02. The Kier molecular flexibility index (Phi) is 7.43. The van der Waals surface area contributed by atoms with Gasteiger partial charge in [-0.2, -0.15) is 13.2 Å². The maximum Gasteiger partial charge on any atom is 0.416 e. The number of halogens is 5. The maximum absolute atomic E-state index is 13.1. The monoisotopic (exact) mass is 435 g/mol. The van der Waals surface area contributed by atoms with Crippen LogP contribution in [0.25, 0.3) is 0 Å². The first kappa shape index (κ1) is 22.2.